The Balaban J connectivity index is 1.05. The molecule has 5 aliphatic heterocycles. The van der Waals surface area contributed by atoms with Gasteiger partial charge in [-0.25, -0.2) is 17.6 Å². The van der Waals surface area contributed by atoms with Crippen molar-refractivity contribution >= 4 is 22.9 Å². The molecule has 19 rings (SSSR count). The molecule has 11 aromatic rings. The molecule has 0 saturated heterocycles. The van der Waals surface area contributed by atoms with Crippen LogP contribution in [0.15, 0.2) is 255 Å². The molecule has 8 aromatic carbocycles. The van der Waals surface area contributed by atoms with Crippen molar-refractivity contribution < 1.29 is 31.3 Å². The molecule has 13 bridgehead atoms. The lowest BCUT2D eigenvalue weighted by Gasteiger charge is -2.45. The van der Waals surface area contributed by atoms with Gasteiger partial charge in [0.05, 0.1) is 28.5 Å². The highest BCUT2D eigenvalue weighted by atomic mass is 19.1. The van der Waals surface area contributed by atoms with E-state index in [-0.39, 0.29) is 17.4 Å². The summed E-state index contributed by atoms with van der Waals surface area (Å²) in [5.74, 6) is -3.35. The Hall–Kier alpha value is -10.1. The molecule has 3 aliphatic carbocycles. The molecular weight excluding hydrogens is 1030 g/mol. The Morgan fingerprint density at radius 1 is 0.386 bits per heavy atom. The van der Waals surface area contributed by atoms with Gasteiger partial charge in [0, 0.05) is 69.8 Å². The maximum absolute atomic E-state index is 17.9. The Labute approximate surface area is 475 Å². The summed E-state index contributed by atoms with van der Waals surface area (Å²) < 4.78 is 73.4. The second-order valence-corrected chi connectivity index (χ2v) is 23.5. The fourth-order valence-electron chi connectivity index (χ4n) is 16.9. The summed E-state index contributed by atoms with van der Waals surface area (Å²) in [6, 6.07) is 71.0. The van der Waals surface area contributed by atoms with Crippen LogP contribution < -0.4 is 13.7 Å². The van der Waals surface area contributed by atoms with Crippen molar-refractivity contribution in [2.24, 2.45) is 5.92 Å². The third-order valence-corrected chi connectivity index (χ3v) is 20.0. The molecule has 0 amide bonds. The molecule has 83 heavy (non-hydrogen) atoms. The average molecular weight is 1080 g/mol. The van der Waals surface area contributed by atoms with Gasteiger partial charge in [-0.1, -0.05) is 146 Å². The van der Waals surface area contributed by atoms with E-state index in [1.54, 1.807) is 6.07 Å². The second kappa shape index (κ2) is 15.7. The summed E-state index contributed by atoms with van der Waals surface area (Å²) in [5.41, 5.74) is 19.5. The van der Waals surface area contributed by atoms with E-state index in [0.29, 0.717) is 22.5 Å². The van der Waals surface area contributed by atoms with E-state index in [1.807, 2.05) is 41.1 Å². The summed E-state index contributed by atoms with van der Waals surface area (Å²) >= 11 is 0. The highest BCUT2D eigenvalue weighted by Crippen LogP contribution is 2.84. The minimum atomic E-state index is -1.15. The summed E-state index contributed by atoms with van der Waals surface area (Å²) in [6.07, 6.45) is 16.2. The van der Waals surface area contributed by atoms with Gasteiger partial charge in [-0.3, -0.25) is 0 Å². The zero-order valence-electron chi connectivity index (χ0n) is 44.3. The van der Waals surface area contributed by atoms with Crippen LogP contribution in [-0.2, 0) is 16.5 Å². The zero-order chi connectivity index (χ0) is 54.8. The monoisotopic (exact) mass is 1070 g/mol. The Morgan fingerprint density at radius 3 is 1.78 bits per heavy atom. The van der Waals surface area contributed by atoms with Crippen LogP contribution in [0.4, 0.5) is 17.6 Å². The molecule has 3 spiro atoms. The molecule has 5 unspecified atom stereocenters. The van der Waals surface area contributed by atoms with E-state index in [0.717, 1.165) is 124 Å². The van der Waals surface area contributed by atoms with E-state index in [2.05, 4.69) is 198 Å². The van der Waals surface area contributed by atoms with Crippen LogP contribution in [0, 0.1) is 29.2 Å². The number of pyridine rings is 3. The van der Waals surface area contributed by atoms with Crippen LogP contribution in [0.2, 0.25) is 0 Å². The predicted octanol–water partition coefficient (Wildman–Crippen LogP) is 16.3. The van der Waals surface area contributed by atoms with Crippen molar-refractivity contribution in [3.05, 3.63) is 306 Å². The Kier molecular flexibility index (Phi) is 8.60. The van der Waals surface area contributed by atoms with Gasteiger partial charge in [0.1, 0.15) is 28.7 Å². The fraction of sp³-hybridized carbons (Fsp3) is 0.0658. The van der Waals surface area contributed by atoms with Gasteiger partial charge >= 0.3 is 0 Å². The highest BCUT2D eigenvalue weighted by molar-refractivity contribution is 6.05. The van der Waals surface area contributed by atoms with E-state index >= 15 is 13.2 Å². The van der Waals surface area contributed by atoms with Crippen LogP contribution in [0.25, 0.3) is 112 Å². The largest absolute Gasteiger partial charge is 0.221 e. The highest BCUT2D eigenvalue weighted by Gasteiger charge is 2.94. The lowest BCUT2D eigenvalue weighted by molar-refractivity contribution is -0.745. The third kappa shape index (κ3) is 5.53. The maximum atomic E-state index is 17.9. The lowest BCUT2D eigenvalue weighted by Crippen LogP contribution is -2.66. The third-order valence-electron chi connectivity index (χ3n) is 20.0. The number of benzene rings is 8. The van der Waals surface area contributed by atoms with Gasteiger partial charge in [-0.2, -0.15) is 13.7 Å². The Morgan fingerprint density at radius 2 is 1.01 bits per heavy atom. The molecule has 0 radical (unpaired) electrons. The number of hydrogen-bond acceptors (Lipinski definition) is 0. The van der Waals surface area contributed by atoms with E-state index in [9.17, 15) is 4.39 Å². The van der Waals surface area contributed by atoms with Crippen LogP contribution in [-0.4, -0.2) is 0 Å². The quantitative estimate of drug-likeness (QED) is 0.123. The van der Waals surface area contributed by atoms with Gasteiger partial charge in [0.2, 0.25) is 28.2 Å². The summed E-state index contributed by atoms with van der Waals surface area (Å²) in [5, 5.41) is 0. The topological polar surface area (TPSA) is 11.6 Å². The molecule has 388 valence electrons. The van der Waals surface area contributed by atoms with E-state index < -0.39 is 39.8 Å². The molecule has 7 heteroatoms. The number of aromatic nitrogens is 3. The summed E-state index contributed by atoms with van der Waals surface area (Å²) in [7, 11) is 0. The Bertz CT molecular complexity index is 4990. The van der Waals surface area contributed by atoms with Crippen LogP contribution in [0.5, 0.6) is 0 Å². The van der Waals surface area contributed by atoms with E-state index in [1.165, 1.54) is 12.1 Å². The molecule has 5 atom stereocenters. The standard InChI is InChI=1S/C76H44F4N3/c77-49-28-29-59(66(79)34-49)68-30-26-46-39-81(68)40-48-32-63(55-18-8-4-14-51(46)55)76-64-33-50(78)35-67(80)71(64)69-31-27-47-41-83(69)75(76)38-65(56-19-9-5-15-52(47)56)74-37-61(48)53-16-6-7-17-54(53)62-42-82(74)70(57-20-10-11-21-58(57)72(74)73(75)76)36-60(62)45-24-22-44(23-25-45)43-12-2-1-3-13-43/h1-42,72-73H/q+3/b48-40+,61-37+,63-32-. The first-order valence-electron chi connectivity index (χ1n) is 28.4. The molecule has 1 saturated carbocycles. The molecule has 8 aliphatic rings. The van der Waals surface area contributed by atoms with Gasteiger partial charge in [-0.05, 0) is 121 Å². The van der Waals surface area contributed by atoms with E-state index in [4.69, 9.17) is 0 Å². The summed E-state index contributed by atoms with van der Waals surface area (Å²) in [6.45, 7) is 0. The summed E-state index contributed by atoms with van der Waals surface area (Å²) in [4.78, 5) is 0. The van der Waals surface area contributed by atoms with Crippen molar-refractivity contribution in [1.82, 2.24) is 0 Å². The predicted molar refractivity (Wildman–Crippen MR) is 315 cm³/mol. The van der Waals surface area contributed by atoms with Gasteiger partial charge < -0.3 is 0 Å². The second-order valence-electron chi connectivity index (χ2n) is 23.5. The van der Waals surface area contributed by atoms with Gasteiger partial charge in [0.15, 0.2) is 24.8 Å². The van der Waals surface area contributed by atoms with Gasteiger partial charge in [0.25, 0.3) is 0 Å². The zero-order valence-corrected chi connectivity index (χ0v) is 44.3. The normalized spacial score (nSPS) is 23.8. The smallest absolute Gasteiger partial charge is 0.207 e. The number of fused-ring (bicyclic) bond motifs is 19. The van der Waals surface area contributed by atoms with Crippen LogP contribution in [0.1, 0.15) is 33.7 Å². The molecule has 3 aromatic heterocycles. The van der Waals surface area contributed by atoms with Crippen molar-refractivity contribution in [2.45, 2.75) is 22.4 Å². The minimum Gasteiger partial charge on any atom is -0.207 e. The number of nitrogens with zero attached hydrogens (tertiary/aromatic N) is 3. The van der Waals surface area contributed by atoms with Crippen molar-refractivity contribution in [2.75, 3.05) is 0 Å². The first-order valence-corrected chi connectivity index (χ1v) is 28.4. The lowest BCUT2D eigenvalue weighted by atomic mass is 9.60. The van der Waals surface area contributed by atoms with Crippen molar-refractivity contribution in [3.8, 4) is 89.4 Å². The molecular formula is C76H44F4N3+3. The number of halogens is 4. The fourth-order valence-corrected chi connectivity index (χ4v) is 16.9. The van der Waals surface area contributed by atoms with Crippen molar-refractivity contribution in [1.29, 1.82) is 0 Å². The molecule has 1 fully saturated rings. The SMILES string of the molecule is Fc1ccc(-c2ccc3c[n+]2/C=C2\C=C(\c4ccccc4-3)C34c5cc(F)cc(F)c5-c5ccc6c[n+]5C35C=C(c3ccccc3-6)C36/C=C\2c2ccccc2-c2c[n+]3c(cc2-c2ccc(-c3ccccc3)cc2)-c2ccccc2C6C45)c(F)c1. The first kappa shape index (κ1) is 45.6. The number of allylic oxidation sites excluding steroid dienone is 7. The van der Waals surface area contributed by atoms with Crippen LogP contribution >= 0.6 is 0 Å². The molecule has 3 nitrogen and oxygen atoms in total. The minimum absolute atomic E-state index is 0.237. The first-order chi connectivity index (χ1) is 40.7. The number of rotatable bonds is 3. The van der Waals surface area contributed by atoms with Crippen molar-refractivity contribution in [3.63, 3.8) is 0 Å². The average Bonchev–Trinajstić information content (AvgIpc) is 1.43. The number of hydrogen-bond donors (Lipinski definition) is 0. The molecule has 8 heterocycles. The molecule has 0 N–H and O–H groups in total. The maximum Gasteiger partial charge on any atom is 0.221 e. The van der Waals surface area contributed by atoms with Crippen LogP contribution in [0.3, 0.4) is 0 Å². The van der Waals surface area contributed by atoms with Gasteiger partial charge in [-0.15, -0.1) is 0 Å².